The highest BCUT2D eigenvalue weighted by Crippen LogP contribution is 2.24. The molecule has 1 rings (SSSR count). The first kappa shape index (κ1) is 14.6. The van der Waals surface area contributed by atoms with Gasteiger partial charge in [-0.2, -0.15) is 0 Å². The van der Waals surface area contributed by atoms with E-state index in [1.807, 2.05) is 5.38 Å². The molecule has 98 valence electrons. The molecule has 0 aliphatic heterocycles. The van der Waals surface area contributed by atoms with Crippen LogP contribution in [-0.2, 0) is 16.3 Å². The minimum absolute atomic E-state index is 0.461. The number of nitrogens with one attached hydrogen (secondary N) is 1. The molecule has 1 N–H and O–H groups in total. The molecule has 6 heteroatoms. The minimum Gasteiger partial charge on any atom is -0.314 e. The Labute approximate surface area is 107 Å². The van der Waals surface area contributed by atoms with Crippen molar-refractivity contribution in [2.24, 2.45) is 0 Å². The van der Waals surface area contributed by atoms with Gasteiger partial charge in [0, 0.05) is 30.6 Å². The third kappa shape index (κ3) is 4.73. The third-order valence-electron chi connectivity index (χ3n) is 2.49. The summed E-state index contributed by atoms with van der Waals surface area (Å²) in [7, 11) is -3.04. The van der Waals surface area contributed by atoms with Crippen molar-refractivity contribution in [1.29, 1.82) is 0 Å². The van der Waals surface area contributed by atoms with Crippen LogP contribution in [0.4, 0.5) is 0 Å². The molecular weight excluding hydrogens is 256 g/mol. The molecule has 0 fully saturated rings. The number of nitrogens with zero attached hydrogens (tertiary/aromatic N) is 1. The van der Waals surface area contributed by atoms with Gasteiger partial charge in [-0.1, -0.05) is 13.8 Å². The van der Waals surface area contributed by atoms with E-state index in [0.29, 0.717) is 11.0 Å². The molecule has 0 saturated carbocycles. The van der Waals surface area contributed by atoms with Crippen LogP contribution in [0.1, 0.15) is 36.7 Å². The van der Waals surface area contributed by atoms with Crippen LogP contribution in [0.5, 0.6) is 0 Å². The zero-order valence-corrected chi connectivity index (χ0v) is 12.4. The Kier molecular flexibility index (Phi) is 5.09. The molecule has 17 heavy (non-hydrogen) atoms. The summed E-state index contributed by atoms with van der Waals surface area (Å²) >= 11 is 1.43. The van der Waals surface area contributed by atoms with Crippen molar-refractivity contribution in [3.63, 3.8) is 0 Å². The van der Waals surface area contributed by atoms with Crippen molar-refractivity contribution in [3.05, 3.63) is 16.1 Å². The maximum absolute atomic E-state index is 11.4. The summed E-state index contributed by atoms with van der Waals surface area (Å²) in [5.41, 5.74) is 0.966. The fraction of sp³-hybridized carbons (Fsp3) is 0.727. The smallest absolute Gasteiger partial charge is 0.156 e. The summed E-state index contributed by atoms with van der Waals surface area (Å²) < 4.78 is 22.8. The summed E-state index contributed by atoms with van der Waals surface area (Å²) in [6.45, 7) is 6.74. The van der Waals surface area contributed by atoms with Gasteiger partial charge in [0.1, 0.15) is 10.3 Å². The summed E-state index contributed by atoms with van der Waals surface area (Å²) in [6, 6.07) is 0.461. The summed E-state index contributed by atoms with van der Waals surface area (Å²) in [6.07, 6.45) is 2.09. The molecule has 0 bridgehead atoms. The van der Waals surface area contributed by atoms with E-state index in [-0.39, 0.29) is 0 Å². The molecule has 0 saturated heterocycles. The van der Waals surface area contributed by atoms with E-state index < -0.39 is 15.1 Å². The fourth-order valence-electron chi connectivity index (χ4n) is 1.30. The Hall–Kier alpha value is -0.460. The molecule has 0 aliphatic carbocycles. The molecule has 0 spiro atoms. The Morgan fingerprint density at radius 3 is 2.59 bits per heavy atom. The predicted octanol–water partition coefficient (Wildman–Crippen LogP) is 1.79. The first-order valence-electron chi connectivity index (χ1n) is 5.67. The molecule has 0 amide bonds. The average Bonchev–Trinajstić information content (AvgIpc) is 2.63. The van der Waals surface area contributed by atoms with Gasteiger partial charge in [-0.25, -0.2) is 13.4 Å². The zero-order chi connectivity index (χ0) is 13.1. The van der Waals surface area contributed by atoms with Crippen LogP contribution in [0, 0.1) is 0 Å². The quantitative estimate of drug-likeness (QED) is 0.860. The fourth-order valence-corrected chi connectivity index (χ4v) is 3.20. The highest BCUT2D eigenvalue weighted by molar-refractivity contribution is 7.91. The Balaban J connectivity index is 2.60. The maximum Gasteiger partial charge on any atom is 0.156 e. The molecule has 0 aliphatic rings. The SMILES string of the molecule is CC(C)NCCc1csc(C(C)S(C)(=O)=O)n1. The van der Waals surface area contributed by atoms with Gasteiger partial charge >= 0.3 is 0 Å². The largest absolute Gasteiger partial charge is 0.314 e. The molecule has 0 aromatic carbocycles. The second kappa shape index (κ2) is 5.93. The van der Waals surface area contributed by atoms with Gasteiger partial charge in [0.2, 0.25) is 0 Å². The molecule has 1 aromatic heterocycles. The highest BCUT2D eigenvalue weighted by Gasteiger charge is 2.20. The van der Waals surface area contributed by atoms with Crippen molar-refractivity contribution >= 4 is 21.2 Å². The van der Waals surface area contributed by atoms with Crippen LogP contribution in [0.25, 0.3) is 0 Å². The predicted molar refractivity (Wildman–Crippen MR) is 72.2 cm³/mol. The van der Waals surface area contributed by atoms with E-state index in [2.05, 4.69) is 24.1 Å². The summed E-state index contributed by atoms with van der Waals surface area (Å²) in [4.78, 5) is 4.37. The van der Waals surface area contributed by atoms with Crippen LogP contribution in [-0.4, -0.2) is 32.2 Å². The number of hydrogen-bond acceptors (Lipinski definition) is 5. The number of aromatic nitrogens is 1. The van der Waals surface area contributed by atoms with Gasteiger partial charge in [-0.05, 0) is 6.92 Å². The Morgan fingerprint density at radius 1 is 1.41 bits per heavy atom. The number of sulfone groups is 1. The molecule has 4 nitrogen and oxygen atoms in total. The van der Waals surface area contributed by atoms with Gasteiger partial charge in [0.25, 0.3) is 0 Å². The van der Waals surface area contributed by atoms with E-state index in [1.165, 1.54) is 17.6 Å². The standard InChI is InChI=1S/C11H20N2O2S2/c1-8(2)12-6-5-10-7-16-11(13-10)9(3)17(4,14)15/h7-9,12H,5-6H2,1-4H3. The second-order valence-corrected chi connectivity index (χ2v) is 7.76. The Morgan fingerprint density at radius 2 is 2.06 bits per heavy atom. The van der Waals surface area contributed by atoms with Crippen molar-refractivity contribution in [1.82, 2.24) is 10.3 Å². The molecule has 1 heterocycles. The maximum atomic E-state index is 11.4. The number of rotatable bonds is 6. The van der Waals surface area contributed by atoms with Crippen molar-refractivity contribution in [2.75, 3.05) is 12.8 Å². The van der Waals surface area contributed by atoms with Gasteiger partial charge in [0.15, 0.2) is 9.84 Å². The molecular formula is C11H20N2O2S2. The molecule has 1 unspecified atom stereocenters. The lowest BCUT2D eigenvalue weighted by atomic mass is 10.3. The molecule has 1 aromatic rings. The van der Waals surface area contributed by atoms with Gasteiger partial charge in [-0.15, -0.1) is 11.3 Å². The van der Waals surface area contributed by atoms with Gasteiger partial charge < -0.3 is 5.32 Å². The lowest BCUT2D eigenvalue weighted by molar-refractivity contribution is 0.586. The van der Waals surface area contributed by atoms with Crippen LogP contribution in [0.2, 0.25) is 0 Å². The first-order chi connectivity index (χ1) is 7.80. The van der Waals surface area contributed by atoms with Crippen molar-refractivity contribution < 1.29 is 8.42 Å². The molecule has 0 radical (unpaired) electrons. The van der Waals surface area contributed by atoms with E-state index >= 15 is 0 Å². The normalized spacial score (nSPS) is 14.2. The average molecular weight is 276 g/mol. The Bertz CT molecular complexity index is 452. The van der Waals surface area contributed by atoms with Crippen molar-refractivity contribution in [3.8, 4) is 0 Å². The topological polar surface area (TPSA) is 59.1 Å². The third-order valence-corrected chi connectivity index (χ3v) is 5.23. The van der Waals surface area contributed by atoms with Crippen LogP contribution < -0.4 is 5.32 Å². The molecule has 1 atom stereocenters. The van der Waals surface area contributed by atoms with E-state index in [9.17, 15) is 8.42 Å². The minimum atomic E-state index is -3.04. The monoisotopic (exact) mass is 276 g/mol. The number of thiazole rings is 1. The van der Waals surface area contributed by atoms with E-state index in [4.69, 9.17) is 0 Å². The first-order valence-corrected chi connectivity index (χ1v) is 8.50. The summed E-state index contributed by atoms with van der Waals surface area (Å²) in [5.74, 6) is 0. The van der Waals surface area contributed by atoms with E-state index in [0.717, 1.165) is 18.7 Å². The zero-order valence-electron chi connectivity index (χ0n) is 10.7. The second-order valence-electron chi connectivity index (χ2n) is 4.51. The van der Waals surface area contributed by atoms with Crippen LogP contribution in [0.3, 0.4) is 0 Å². The summed E-state index contributed by atoms with van der Waals surface area (Å²) in [5, 5.41) is 5.44. The van der Waals surface area contributed by atoms with Gasteiger partial charge in [-0.3, -0.25) is 0 Å². The van der Waals surface area contributed by atoms with E-state index in [1.54, 1.807) is 6.92 Å². The lowest BCUT2D eigenvalue weighted by Crippen LogP contribution is -2.25. The van der Waals surface area contributed by atoms with Crippen LogP contribution in [0.15, 0.2) is 5.38 Å². The highest BCUT2D eigenvalue weighted by atomic mass is 32.2. The lowest BCUT2D eigenvalue weighted by Gasteiger charge is -2.06. The van der Waals surface area contributed by atoms with Crippen LogP contribution >= 0.6 is 11.3 Å². The van der Waals surface area contributed by atoms with Gasteiger partial charge in [0.05, 0.1) is 5.69 Å². The van der Waals surface area contributed by atoms with Crippen molar-refractivity contribution in [2.45, 2.75) is 38.5 Å². The number of hydrogen-bond donors (Lipinski definition) is 1.